The molecule has 0 radical (unpaired) electrons. The highest BCUT2D eigenvalue weighted by Gasteiger charge is 2.40. The van der Waals surface area contributed by atoms with E-state index in [0.29, 0.717) is 18.9 Å². The van der Waals surface area contributed by atoms with Crippen molar-refractivity contribution in [1.82, 2.24) is 0 Å². The zero-order chi connectivity index (χ0) is 18.2. The Labute approximate surface area is 149 Å². The molecular formula is C19H38O4Si. The van der Waals surface area contributed by atoms with Crippen LogP contribution in [-0.2, 0) is 19.0 Å². The number of ether oxygens (including phenoxy) is 1. The molecule has 1 fully saturated rings. The van der Waals surface area contributed by atoms with E-state index in [9.17, 15) is 4.79 Å². The molecule has 2 unspecified atom stereocenters. The van der Waals surface area contributed by atoms with Crippen molar-refractivity contribution in [3.05, 3.63) is 0 Å². The SMILES string of the molecule is CCC(CC)CC(C)(CC1CCOC1=O)OO[Si](CC)(CC)CC. The second-order valence-corrected chi connectivity index (χ2v) is 12.3. The number of hydrogen-bond donors (Lipinski definition) is 0. The predicted molar refractivity (Wildman–Crippen MR) is 100 cm³/mol. The molecule has 0 amide bonds. The molecule has 0 aliphatic carbocycles. The van der Waals surface area contributed by atoms with Crippen LogP contribution in [0.15, 0.2) is 0 Å². The molecule has 1 saturated heterocycles. The summed E-state index contributed by atoms with van der Waals surface area (Å²) >= 11 is 0. The van der Waals surface area contributed by atoms with E-state index in [1.165, 1.54) is 0 Å². The van der Waals surface area contributed by atoms with Crippen molar-refractivity contribution in [3.8, 4) is 0 Å². The third kappa shape index (κ3) is 5.85. The number of esters is 1. The molecule has 0 aromatic rings. The summed E-state index contributed by atoms with van der Waals surface area (Å²) in [5, 5.41) is 0. The summed E-state index contributed by atoms with van der Waals surface area (Å²) in [6.07, 6.45) is 4.69. The van der Waals surface area contributed by atoms with Crippen molar-refractivity contribution in [1.29, 1.82) is 0 Å². The molecule has 5 heteroatoms. The van der Waals surface area contributed by atoms with Gasteiger partial charge in [0.25, 0.3) is 0 Å². The van der Waals surface area contributed by atoms with Crippen LogP contribution in [-0.4, -0.2) is 26.5 Å². The minimum Gasteiger partial charge on any atom is -0.465 e. The van der Waals surface area contributed by atoms with E-state index in [2.05, 4.69) is 41.5 Å². The van der Waals surface area contributed by atoms with Gasteiger partial charge in [-0.05, 0) is 50.2 Å². The highest BCUT2D eigenvalue weighted by Crippen LogP contribution is 2.36. The molecule has 0 bridgehead atoms. The molecule has 0 spiro atoms. The molecule has 142 valence electrons. The molecule has 2 atom stereocenters. The van der Waals surface area contributed by atoms with Crippen LogP contribution in [0.5, 0.6) is 0 Å². The monoisotopic (exact) mass is 358 g/mol. The van der Waals surface area contributed by atoms with E-state index in [-0.39, 0.29) is 11.9 Å². The highest BCUT2D eigenvalue weighted by atomic mass is 28.4. The van der Waals surface area contributed by atoms with Crippen molar-refractivity contribution >= 4 is 14.3 Å². The molecule has 0 N–H and O–H groups in total. The molecule has 0 aromatic heterocycles. The van der Waals surface area contributed by atoms with Gasteiger partial charge in [-0.2, -0.15) is 0 Å². The first-order chi connectivity index (χ1) is 11.4. The molecule has 1 aliphatic heterocycles. The first-order valence-corrected chi connectivity index (χ1v) is 12.4. The van der Waals surface area contributed by atoms with E-state index < -0.39 is 13.9 Å². The van der Waals surface area contributed by atoms with Crippen LogP contribution in [0.2, 0.25) is 18.1 Å². The van der Waals surface area contributed by atoms with E-state index in [4.69, 9.17) is 14.2 Å². The Balaban J connectivity index is 2.84. The van der Waals surface area contributed by atoms with E-state index in [1.807, 2.05) is 0 Å². The molecule has 24 heavy (non-hydrogen) atoms. The van der Waals surface area contributed by atoms with E-state index in [1.54, 1.807) is 0 Å². The van der Waals surface area contributed by atoms with Gasteiger partial charge < -0.3 is 4.74 Å². The first kappa shape index (κ1) is 21.6. The average Bonchev–Trinajstić information content (AvgIpc) is 2.99. The minimum atomic E-state index is -1.81. The molecule has 4 nitrogen and oxygen atoms in total. The Morgan fingerprint density at radius 1 is 1.17 bits per heavy atom. The predicted octanol–water partition coefficient (Wildman–Crippen LogP) is 5.48. The van der Waals surface area contributed by atoms with Crippen LogP contribution < -0.4 is 0 Å². The zero-order valence-corrected chi connectivity index (χ0v) is 17.7. The second kappa shape index (κ2) is 9.93. The molecule has 1 aliphatic rings. The van der Waals surface area contributed by atoms with Gasteiger partial charge in [0.15, 0.2) is 0 Å². The van der Waals surface area contributed by atoms with Crippen LogP contribution >= 0.6 is 0 Å². The average molecular weight is 359 g/mol. The van der Waals surface area contributed by atoms with Gasteiger partial charge in [-0.25, -0.2) is 4.89 Å². The van der Waals surface area contributed by atoms with Crippen LogP contribution in [0.25, 0.3) is 0 Å². The second-order valence-electron chi connectivity index (χ2n) is 7.60. The van der Waals surface area contributed by atoms with Gasteiger partial charge in [0, 0.05) is 0 Å². The van der Waals surface area contributed by atoms with Crippen molar-refractivity contribution < 1.29 is 19.0 Å². The molecule has 0 aromatic carbocycles. The van der Waals surface area contributed by atoms with Crippen LogP contribution in [0.1, 0.15) is 73.6 Å². The van der Waals surface area contributed by atoms with Crippen LogP contribution in [0.4, 0.5) is 0 Å². The summed E-state index contributed by atoms with van der Waals surface area (Å²) in [5.41, 5.74) is -0.414. The minimum absolute atomic E-state index is 0.0473. The van der Waals surface area contributed by atoms with Gasteiger partial charge in [-0.15, -0.1) is 0 Å². The Hall–Kier alpha value is -0.393. The Morgan fingerprint density at radius 2 is 1.75 bits per heavy atom. The lowest BCUT2D eigenvalue weighted by molar-refractivity contribution is -0.306. The van der Waals surface area contributed by atoms with Gasteiger partial charge in [-0.3, -0.25) is 9.37 Å². The van der Waals surface area contributed by atoms with E-state index in [0.717, 1.165) is 43.8 Å². The Bertz CT molecular complexity index is 371. The Morgan fingerprint density at radius 3 is 2.17 bits per heavy atom. The van der Waals surface area contributed by atoms with Crippen molar-refractivity contribution in [2.75, 3.05) is 6.61 Å². The van der Waals surface area contributed by atoms with Gasteiger partial charge in [0.2, 0.25) is 8.32 Å². The maximum Gasteiger partial charge on any atom is 0.309 e. The highest BCUT2D eigenvalue weighted by molar-refractivity contribution is 6.73. The number of carbonyl (C=O) groups excluding carboxylic acids is 1. The lowest BCUT2D eigenvalue weighted by Gasteiger charge is -2.37. The summed E-state index contributed by atoms with van der Waals surface area (Å²) in [7, 11) is -1.81. The van der Waals surface area contributed by atoms with Gasteiger partial charge in [0.1, 0.15) is 5.60 Å². The topological polar surface area (TPSA) is 44.8 Å². The summed E-state index contributed by atoms with van der Waals surface area (Å²) in [6, 6.07) is 3.19. The molecule has 1 rings (SSSR count). The third-order valence-corrected chi connectivity index (χ3v) is 10.3. The standard InChI is InChI=1S/C19H38O4Si/c1-7-16(8-2)14-19(6,15-17-12-13-21-18(17)20)22-23-24(9-3,10-4)11-5/h16-17H,7-15H2,1-6H3. The lowest BCUT2D eigenvalue weighted by Crippen LogP contribution is -2.42. The van der Waals surface area contributed by atoms with Crippen molar-refractivity contribution in [3.63, 3.8) is 0 Å². The number of rotatable bonds is 12. The summed E-state index contributed by atoms with van der Waals surface area (Å²) in [4.78, 5) is 18.1. The first-order valence-electron chi connectivity index (χ1n) is 9.91. The maximum atomic E-state index is 11.9. The summed E-state index contributed by atoms with van der Waals surface area (Å²) in [5.74, 6) is 0.477. The van der Waals surface area contributed by atoms with Gasteiger partial charge in [-0.1, -0.05) is 47.5 Å². The third-order valence-electron chi connectivity index (χ3n) is 5.95. The number of carbonyl (C=O) groups is 1. The van der Waals surface area contributed by atoms with Crippen molar-refractivity contribution in [2.45, 2.75) is 97.4 Å². The quantitative estimate of drug-likeness (QED) is 0.201. The maximum absolute atomic E-state index is 11.9. The van der Waals surface area contributed by atoms with Gasteiger partial charge >= 0.3 is 5.97 Å². The number of cyclic esters (lactones) is 1. The van der Waals surface area contributed by atoms with E-state index >= 15 is 0 Å². The fraction of sp³-hybridized carbons (Fsp3) is 0.947. The van der Waals surface area contributed by atoms with Crippen LogP contribution in [0, 0.1) is 11.8 Å². The normalized spacial score (nSPS) is 21.1. The summed E-state index contributed by atoms with van der Waals surface area (Å²) in [6.45, 7) is 13.7. The largest absolute Gasteiger partial charge is 0.465 e. The zero-order valence-electron chi connectivity index (χ0n) is 16.7. The summed E-state index contributed by atoms with van der Waals surface area (Å²) < 4.78 is 11.3. The number of hydrogen-bond acceptors (Lipinski definition) is 4. The molecule has 1 heterocycles. The Kier molecular flexibility index (Phi) is 8.95. The molecular weight excluding hydrogens is 320 g/mol. The van der Waals surface area contributed by atoms with Crippen LogP contribution in [0.3, 0.4) is 0 Å². The van der Waals surface area contributed by atoms with Gasteiger partial charge in [0.05, 0.1) is 12.5 Å². The molecule has 0 saturated carbocycles. The van der Waals surface area contributed by atoms with Crippen molar-refractivity contribution in [2.24, 2.45) is 11.8 Å². The lowest BCUT2D eigenvalue weighted by atomic mass is 9.82. The fourth-order valence-corrected chi connectivity index (χ4v) is 5.93. The fourth-order valence-electron chi connectivity index (χ4n) is 3.70. The smallest absolute Gasteiger partial charge is 0.309 e.